The quantitative estimate of drug-likeness (QED) is 0.580. The molecule has 0 radical (unpaired) electrons. The van der Waals surface area contributed by atoms with E-state index in [1.54, 1.807) is 25.5 Å². The smallest absolute Gasteiger partial charge is 0.226 e. The molecule has 0 saturated carbocycles. The van der Waals surface area contributed by atoms with E-state index in [1.165, 1.54) is 12.1 Å². The summed E-state index contributed by atoms with van der Waals surface area (Å²) < 4.78 is 13.7. The molecule has 4 heterocycles. The fraction of sp³-hybridized carbons (Fsp3) is 0.292. The van der Waals surface area contributed by atoms with Gasteiger partial charge in [0.05, 0.1) is 21.9 Å². The highest BCUT2D eigenvalue weighted by atomic mass is 35.5. The molecule has 0 bridgehead atoms. The number of hydrogen-bond acceptors (Lipinski definition) is 6. The Kier molecular flexibility index (Phi) is 5.76. The predicted octanol–water partition coefficient (Wildman–Crippen LogP) is 4.14. The Morgan fingerprint density at radius 2 is 1.70 bits per heavy atom. The third-order valence-electron chi connectivity index (χ3n) is 6.06. The molecule has 1 amide bonds. The van der Waals surface area contributed by atoms with Crippen molar-refractivity contribution in [2.45, 2.75) is 19.8 Å². The van der Waals surface area contributed by atoms with Gasteiger partial charge in [-0.2, -0.15) is 0 Å². The molecule has 0 N–H and O–H groups in total. The number of hydrogen-bond donors (Lipinski definition) is 0. The third-order valence-corrected chi connectivity index (χ3v) is 6.35. The number of aromatic nitrogens is 4. The van der Waals surface area contributed by atoms with Crippen LogP contribution < -0.4 is 4.90 Å². The zero-order chi connectivity index (χ0) is 22.9. The summed E-state index contributed by atoms with van der Waals surface area (Å²) in [5.41, 5.74) is 4.65. The van der Waals surface area contributed by atoms with Crippen LogP contribution in [-0.2, 0) is 4.79 Å². The van der Waals surface area contributed by atoms with Gasteiger partial charge in [-0.05, 0) is 36.1 Å². The van der Waals surface area contributed by atoms with Crippen molar-refractivity contribution in [3.63, 3.8) is 0 Å². The first-order valence-electron chi connectivity index (χ1n) is 10.8. The summed E-state index contributed by atoms with van der Waals surface area (Å²) in [5.74, 6) is 0.190. The molecule has 7 nitrogen and oxygen atoms in total. The monoisotopic (exact) mass is 464 g/mol. The molecule has 2 aliphatic heterocycles. The number of amides is 1. The average Bonchev–Trinajstić information content (AvgIpc) is 2.85. The average molecular weight is 465 g/mol. The Hall–Kier alpha value is -3.39. The normalized spacial score (nSPS) is 16.6. The first kappa shape index (κ1) is 21.5. The van der Waals surface area contributed by atoms with Crippen LogP contribution in [0.15, 0.2) is 42.9 Å². The maximum atomic E-state index is 13.7. The first-order valence-corrected chi connectivity index (χ1v) is 11.2. The molecular formula is C24H22ClFN6O. The second-order valence-corrected chi connectivity index (χ2v) is 8.53. The molecule has 3 aromatic rings. The second-order valence-electron chi connectivity index (χ2n) is 8.12. The van der Waals surface area contributed by atoms with E-state index >= 15 is 0 Å². The Labute approximate surface area is 195 Å². The summed E-state index contributed by atoms with van der Waals surface area (Å²) in [4.78, 5) is 33.8. The van der Waals surface area contributed by atoms with Crippen LogP contribution in [0.1, 0.15) is 31.2 Å². The summed E-state index contributed by atoms with van der Waals surface area (Å²) in [7, 11) is 0. The standard InChI is InChI=1S/C24H22ClFN6O/c1-15(33)31-8-2-16(3-9-31)22-23(28-7-6-27-22)17-4-10-32(11-5-17)24-29-14-18-12-20(26)19(25)13-21(18)30-24/h2,4,6-7,12-14H,3,5,8-11H2,1H3. The van der Waals surface area contributed by atoms with Gasteiger partial charge in [-0.25, -0.2) is 14.4 Å². The van der Waals surface area contributed by atoms with Gasteiger partial charge >= 0.3 is 0 Å². The second kappa shape index (κ2) is 8.86. The lowest BCUT2D eigenvalue weighted by molar-refractivity contribution is -0.128. The van der Waals surface area contributed by atoms with E-state index in [4.69, 9.17) is 11.6 Å². The predicted molar refractivity (Wildman–Crippen MR) is 126 cm³/mol. The van der Waals surface area contributed by atoms with E-state index in [1.807, 2.05) is 4.90 Å². The van der Waals surface area contributed by atoms with Gasteiger partial charge in [-0.1, -0.05) is 23.8 Å². The van der Waals surface area contributed by atoms with Crippen molar-refractivity contribution in [3.05, 3.63) is 65.1 Å². The van der Waals surface area contributed by atoms with Crippen LogP contribution in [0.2, 0.25) is 5.02 Å². The van der Waals surface area contributed by atoms with Gasteiger partial charge in [-0.15, -0.1) is 0 Å². The van der Waals surface area contributed by atoms with E-state index in [0.29, 0.717) is 36.5 Å². The maximum Gasteiger partial charge on any atom is 0.226 e. The molecule has 1 aromatic carbocycles. The van der Waals surface area contributed by atoms with Crippen molar-refractivity contribution in [3.8, 4) is 0 Å². The van der Waals surface area contributed by atoms with Crippen LogP contribution in [-0.4, -0.2) is 56.9 Å². The Balaban J connectivity index is 1.38. The zero-order valence-corrected chi connectivity index (χ0v) is 18.9. The van der Waals surface area contributed by atoms with E-state index in [9.17, 15) is 9.18 Å². The van der Waals surface area contributed by atoms with Gasteiger partial charge in [0.25, 0.3) is 0 Å². The number of carbonyl (C=O) groups is 1. The van der Waals surface area contributed by atoms with Crippen LogP contribution in [0.4, 0.5) is 10.3 Å². The topological polar surface area (TPSA) is 75.1 Å². The number of carbonyl (C=O) groups excluding carboxylic acids is 1. The number of rotatable bonds is 3. The van der Waals surface area contributed by atoms with Gasteiger partial charge in [-0.3, -0.25) is 14.8 Å². The van der Waals surface area contributed by atoms with E-state index in [-0.39, 0.29) is 10.9 Å². The lowest BCUT2D eigenvalue weighted by atomic mass is 9.96. The highest BCUT2D eigenvalue weighted by molar-refractivity contribution is 6.31. The van der Waals surface area contributed by atoms with Crippen LogP contribution >= 0.6 is 11.6 Å². The SMILES string of the molecule is CC(=O)N1CC=C(c2nccnc2C2=CCN(c3ncc4cc(F)c(Cl)cc4n3)CC2)CC1. The Morgan fingerprint density at radius 1 is 1.00 bits per heavy atom. The van der Waals surface area contributed by atoms with Crippen molar-refractivity contribution in [1.29, 1.82) is 0 Å². The fourth-order valence-corrected chi connectivity index (χ4v) is 4.37. The van der Waals surface area contributed by atoms with Crippen LogP contribution in [0.25, 0.3) is 22.0 Å². The zero-order valence-electron chi connectivity index (χ0n) is 18.1. The summed E-state index contributed by atoms with van der Waals surface area (Å²) in [6, 6.07) is 2.88. The minimum absolute atomic E-state index is 0.0478. The third kappa shape index (κ3) is 4.30. The summed E-state index contributed by atoms with van der Waals surface area (Å²) in [6.45, 7) is 4.23. The van der Waals surface area contributed by atoms with Gasteiger partial charge in [0, 0.05) is 57.1 Å². The van der Waals surface area contributed by atoms with Crippen LogP contribution in [0.3, 0.4) is 0 Å². The molecule has 33 heavy (non-hydrogen) atoms. The molecule has 0 spiro atoms. The van der Waals surface area contributed by atoms with Gasteiger partial charge in [0.2, 0.25) is 11.9 Å². The maximum absolute atomic E-state index is 13.7. The number of fused-ring (bicyclic) bond motifs is 1. The van der Waals surface area contributed by atoms with Gasteiger partial charge < -0.3 is 9.80 Å². The summed E-state index contributed by atoms with van der Waals surface area (Å²) in [5, 5.41) is 0.661. The molecule has 0 atom stereocenters. The Morgan fingerprint density at radius 3 is 2.30 bits per heavy atom. The first-order chi connectivity index (χ1) is 16.0. The molecule has 9 heteroatoms. The van der Waals surface area contributed by atoms with Crippen molar-refractivity contribution < 1.29 is 9.18 Å². The van der Waals surface area contributed by atoms with E-state index in [2.05, 4.69) is 37.0 Å². The fourth-order valence-electron chi connectivity index (χ4n) is 4.21. The minimum Gasteiger partial charge on any atom is -0.339 e. The molecule has 0 unspecified atom stereocenters. The van der Waals surface area contributed by atoms with E-state index < -0.39 is 5.82 Å². The van der Waals surface area contributed by atoms with E-state index in [0.717, 1.165) is 41.9 Å². The lowest BCUT2D eigenvalue weighted by Crippen LogP contribution is -2.33. The molecule has 0 aliphatic carbocycles. The summed E-state index contributed by atoms with van der Waals surface area (Å²) in [6.07, 6.45) is 10.8. The number of benzene rings is 1. The van der Waals surface area contributed by atoms with Crippen molar-refractivity contribution in [1.82, 2.24) is 24.8 Å². The molecular weight excluding hydrogens is 443 g/mol. The lowest BCUT2D eigenvalue weighted by Gasteiger charge is -2.28. The van der Waals surface area contributed by atoms with Gasteiger partial charge in [0.1, 0.15) is 5.82 Å². The van der Waals surface area contributed by atoms with Crippen LogP contribution in [0, 0.1) is 5.82 Å². The van der Waals surface area contributed by atoms with Crippen molar-refractivity contribution >= 4 is 45.5 Å². The van der Waals surface area contributed by atoms with Crippen molar-refractivity contribution in [2.75, 3.05) is 31.1 Å². The highest BCUT2D eigenvalue weighted by Crippen LogP contribution is 2.30. The molecule has 168 valence electrons. The number of halogens is 2. The highest BCUT2D eigenvalue weighted by Gasteiger charge is 2.22. The Bertz CT molecular complexity index is 1310. The molecule has 0 saturated heterocycles. The molecule has 0 fully saturated rings. The molecule has 2 aromatic heterocycles. The summed E-state index contributed by atoms with van der Waals surface area (Å²) >= 11 is 5.92. The van der Waals surface area contributed by atoms with Crippen molar-refractivity contribution in [2.24, 2.45) is 0 Å². The molecule has 2 aliphatic rings. The molecule has 5 rings (SSSR count). The van der Waals surface area contributed by atoms with Gasteiger partial charge in [0.15, 0.2) is 0 Å². The number of nitrogens with zero attached hydrogens (tertiary/aromatic N) is 6. The number of anilines is 1. The minimum atomic E-state index is -0.479. The largest absolute Gasteiger partial charge is 0.339 e. The van der Waals surface area contributed by atoms with Crippen LogP contribution in [0.5, 0.6) is 0 Å².